The molecule has 0 aliphatic heterocycles. The molecule has 1 saturated carbocycles. The predicted molar refractivity (Wildman–Crippen MR) is 152 cm³/mol. The van der Waals surface area contributed by atoms with Gasteiger partial charge in [-0.15, -0.1) is 0 Å². The highest BCUT2D eigenvalue weighted by Crippen LogP contribution is 2.31. The maximum absolute atomic E-state index is 14.2. The Labute approximate surface area is 241 Å². The highest BCUT2D eigenvalue weighted by molar-refractivity contribution is 5.96. The van der Waals surface area contributed by atoms with E-state index in [0.29, 0.717) is 54.5 Å². The largest absolute Gasteiger partial charge is 0.507 e. The van der Waals surface area contributed by atoms with Crippen molar-refractivity contribution < 1.29 is 28.6 Å². The van der Waals surface area contributed by atoms with Gasteiger partial charge in [0.2, 0.25) is 5.88 Å². The molecule has 42 heavy (non-hydrogen) atoms. The van der Waals surface area contributed by atoms with Crippen molar-refractivity contribution in [1.82, 2.24) is 25.4 Å². The van der Waals surface area contributed by atoms with Crippen molar-refractivity contribution in [2.45, 2.75) is 44.7 Å². The van der Waals surface area contributed by atoms with Crippen molar-refractivity contribution in [2.75, 3.05) is 0 Å². The highest BCUT2D eigenvalue weighted by Gasteiger charge is 2.26. The summed E-state index contributed by atoms with van der Waals surface area (Å²) in [6, 6.07) is 14.2. The van der Waals surface area contributed by atoms with Gasteiger partial charge in [-0.05, 0) is 80.1 Å². The van der Waals surface area contributed by atoms with Gasteiger partial charge in [-0.25, -0.2) is 9.37 Å². The van der Waals surface area contributed by atoms with Crippen LogP contribution in [-0.4, -0.2) is 50.1 Å². The zero-order valence-electron chi connectivity index (χ0n) is 23.1. The second-order valence-corrected chi connectivity index (χ2v) is 10.3. The van der Waals surface area contributed by atoms with Crippen LogP contribution in [-0.2, 0) is 7.05 Å². The number of hydrogen-bond acceptors (Lipinski definition) is 7. The van der Waals surface area contributed by atoms with E-state index in [-0.39, 0.29) is 40.7 Å². The average Bonchev–Trinajstić information content (AvgIpc) is 3.33. The van der Waals surface area contributed by atoms with Crippen LogP contribution in [0.1, 0.15) is 62.6 Å². The molecule has 1 aliphatic carbocycles. The summed E-state index contributed by atoms with van der Waals surface area (Å²) in [7, 11) is 1.78. The molecule has 0 saturated heterocycles. The molecule has 1 fully saturated rings. The van der Waals surface area contributed by atoms with Crippen LogP contribution in [0.25, 0.3) is 11.1 Å². The molecule has 10 nitrogen and oxygen atoms in total. The number of carbonyl (C=O) groups excluding carboxylic acids is 3. The molecule has 4 aromatic rings. The molecule has 0 bridgehead atoms. The van der Waals surface area contributed by atoms with E-state index in [1.54, 1.807) is 54.2 Å². The number of nitrogens with one attached hydrogen (secondary N) is 2. The lowest BCUT2D eigenvalue weighted by Crippen LogP contribution is -2.44. The number of nitrogens with zero attached hydrogens (tertiary/aromatic N) is 3. The third-order valence-electron chi connectivity index (χ3n) is 7.34. The van der Waals surface area contributed by atoms with Crippen molar-refractivity contribution in [3.8, 4) is 28.5 Å². The first-order valence-electron chi connectivity index (χ1n) is 13.5. The van der Waals surface area contributed by atoms with E-state index in [0.717, 1.165) is 18.0 Å². The third-order valence-corrected chi connectivity index (χ3v) is 7.34. The number of benzene rings is 2. The van der Waals surface area contributed by atoms with Crippen molar-refractivity contribution in [1.29, 1.82) is 0 Å². The second-order valence-electron chi connectivity index (χ2n) is 10.3. The average molecular weight is 572 g/mol. The molecule has 0 unspecified atom stereocenters. The van der Waals surface area contributed by atoms with E-state index >= 15 is 0 Å². The number of pyridine rings is 1. The van der Waals surface area contributed by atoms with Crippen molar-refractivity contribution >= 4 is 18.1 Å². The second kappa shape index (κ2) is 12.2. The summed E-state index contributed by atoms with van der Waals surface area (Å²) in [5.74, 6) is -1.25. The molecule has 5 rings (SSSR count). The summed E-state index contributed by atoms with van der Waals surface area (Å²) in [4.78, 5) is 41.0. The fraction of sp³-hybridized carbons (Fsp3) is 0.258. The van der Waals surface area contributed by atoms with Crippen LogP contribution in [0.5, 0.6) is 17.4 Å². The molecule has 2 aromatic heterocycles. The summed E-state index contributed by atoms with van der Waals surface area (Å²) in [6.07, 6.45) is 4.15. The lowest BCUT2D eigenvalue weighted by atomic mass is 9.91. The van der Waals surface area contributed by atoms with Gasteiger partial charge in [0.05, 0.1) is 11.8 Å². The number of hydrogen-bond donors (Lipinski definition) is 3. The van der Waals surface area contributed by atoms with Gasteiger partial charge in [-0.2, -0.15) is 5.10 Å². The van der Waals surface area contributed by atoms with Crippen LogP contribution < -0.4 is 15.4 Å². The molecule has 0 spiro atoms. The zero-order valence-corrected chi connectivity index (χ0v) is 23.1. The van der Waals surface area contributed by atoms with Crippen molar-refractivity contribution in [3.05, 3.63) is 89.1 Å². The maximum atomic E-state index is 14.2. The van der Waals surface area contributed by atoms with E-state index < -0.39 is 11.7 Å². The first-order valence-corrected chi connectivity index (χ1v) is 13.5. The number of aryl methyl sites for hydroxylation is 2. The van der Waals surface area contributed by atoms with Gasteiger partial charge < -0.3 is 20.5 Å². The van der Waals surface area contributed by atoms with Gasteiger partial charge >= 0.3 is 0 Å². The summed E-state index contributed by atoms with van der Waals surface area (Å²) < 4.78 is 21.7. The van der Waals surface area contributed by atoms with Crippen LogP contribution in [0.4, 0.5) is 4.39 Å². The number of phenolic OH excluding ortho intramolecular Hbond substituents is 1. The summed E-state index contributed by atoms with van der Waals surface area (Å²) >= 11 is 0. The van der Waals surface area contributed by atoms with Gasteiger partial charge in [-0.1, -0.05) is 18.2 Å². The number of rotatable bonds is 8. The highest BCUT2D eigenvalue weighted by atomic mass is 19.1. The number of carbonyl (C=O) groups is 3. The molecule has 0 radical (unpaired) electrons. The Morgan fingerprint density at radius 1 is 1.00 bits per heavy atom. The van der Waals surface area contributed by atoms with Gasteiger partial charge in [-0.3, -0.25) is 19.1 Å². The van der Waals surface area contributed by atoms with Gasteiger partial charge in [0.15, 0.2) is 6.29 Å². The molecular weight excluding hydrogens is 541 g/mol. The van der Waals surface area contributed by atoms with Crippen molar-refractivity contribution in [3.63, 3.8) is 0 Å². The molecule has 1 aliphatic rings. The first-order chi connectivity index (χ1) is 20.2. The fourth-order valence-electron chi connectivity index (χ4n) is 4.93. The Bertz CT molecular complexity index is 1630. The molecule has 2 heterocycles. The minimum absolute atomic E-state index is 0.0360. The molecule has 216 valence electrons. The van der Waals surface area contributed by atoms with Crippen LogP contribution in [0.15, 0.2) is 60.8 Å². The summed E-state index contributed by atoms with van der Waals surface area (Å²) in [5, 5.41) is 20.0. The smallest absolute Gasteiger partial charge is 0.272 e. The van der Waals surface area contributed by atoms with Crippen LogP contribution in [0, 0.1) is 12.7 Å². The van der Waals surface area contributed by atoms with E-state index in [4.69, 9.17) is 4.74 Å². The van der Waals surface area contributed by atoms with E-state index in [1.165, 1.54) is 6.07 Å². The van der Waals surface area contributed by atoms with Gasteiger partial charge in [0.25, 0.3) is 11.8 Å². The predicted octanol–water partition coefficient (Wildman–Crippen LogP) is 4.71. The summed E-state index contributed by atoms with van der Waals surface area (Å²) in [6.45, 7) is 1.88. The Kier molecular flexibility index (Phi) is 8.28. The zero-order chi connectivity index (χ0) is 29.8. The lowest BCUT2D eigenvalue weighted by Gasteiger charge is -2.29. The molecule has 3 N–H and O–H groups in total. The number of aldehydes is 1. The Morgan fingerprint density at radius 3 is 2.36 bits per heavy atom. The van der Waals surface area contributed by atoms with E-state index in [2.05, 4.69) is 20.7 Å². The number of aromatic hydroxyl groups is 1. The van der Waals surface area contributed by atoms with Gasteiger partial charge in [0, 0.05) is 24.8 Å². The Hall–Kier alpha value is -5.06. The monoisotopic (exact) mass is 571 g/mol. The van der Waals surface area contributed by atoms with Crippen molar-refractivity contribution in [2.24, 2.45) is 7.05 Å². The fourth-order valence-corrected chi connectivity index (χ4v) is 4.93. The number of ether oxygens (including phenoxy) is 1. The minimum Gasteiger partial charge on any atom is -0.507 e. The topological polar surface area (TPSA) is 135 Å². The number of aromatic nitrogens is 3. The number of phenols is 1. The summed E-state index contributed by atoms with van der Waals surface area (Å²) in [5.41, 5.74) is 2.74. The first kappa shape index (κ1) is 28.5. The Balaban J connectivity index is 1.23. The third kappa shape index (κ3) is 6.46. The minimum atomic E-state index is -0.678. The number of halogens is 1. The maximum Gasteiger partial charge on any atom is 0.272 e. The molecule has 0 atom stereocenters. The van der Waals surface area contributed by atoms with Crippen LogP contribution in [0.2, 0.25) is 0 Å². The van der Waals surface area contributed by atoms with Crippen LogP contribution >= 0.6 is 0 Å². The lowest BCUT2D eigenvalue weighted by molar-refractivity contribution is 0.0887. The molecule has 2 amide bonds. The van der Waals surface area contributed by atoms with E-state index in [9.17, 15) is 23.9 Å². The molecule has 2 aromatic carbocycles. The quantitative estimate of drug-likeness (QED) is 0.261. The van der Waals surface area contributed by atoms with E-state index in [1.807, 2.05) is 6.92 Å². The van der Waals surface area contributed by atoms with Crippen LogP contribution in [0.3, 0.4) is 0 Å². The molecular formula is C31H30FN5O5. The molecule has 11 heteroatoms. The number of amides is 2. The normalized spacial score (nSPS) is 16.5. The van der Waals surface area contributed by atoms with Gasteiger partial charge in [0.1, 0.15) is 28.6 Å². The standard InChI is InChI=1S/C31H30FN5O5/c1-18-12-27(36-37(18)2)30(41)35-24-9-7-23(8-10-24)34-29(40)26-15-22(32)16-33-31(26)42-25-5-3-4-19(14-25)20-6-11-28(39)21(13-20)17-38/h3-6,11-17,23-24,39H,7-10H2,1-2H3,(H,34,40)(H,35,41). The SMILES string of the molecule is Cc1cc(C(=O)NC2CCC(NC(=O)c3cc(F)cnc3Oc3cccc(-c4ccc(O)c(C=O)c4)c3)CC2)nn1C. The Morgan fingerprint density at radius 2 is 1.69 bits per heavy atom.